The molecular weight excluding hydrogens is 360 g/mol. The van der Waals surface area contributed by atoms with E-state index in [9.17, 15) is 4.79 Å². The van der Waals surface area contributed by atoms with Gasteiger partial charge in [0.25, 0.3) is 0 Å². The van der Waals surface area contributed by atoms with Crippen LogP contribution in [0.5, 0.6) is 0 Å². The van der Waals surface area contributed by atoms with Gasteiger partial charge in [0.15, 0.2) is 0 Å². The van der Waals surface area contributed by atoms with Crippen molar-refractivity contribution in [2.75, 3.05) is 38.8 Å². The maximum atomic E-state index is 12.2. The molecule has 0 saturated heterocycles. The summed E-state index contributed by atoms with van der Waals surface area (Å²) in [6, 6.07) is 12.3. The van der Waals surface area contributed by atoms with Gasteiger partial charge in [-0.1, -0.05) is 30.3 Å². The molecule has 0 fully saturated rings. The minimum atomic E-state index is -0.0310. The van der Waals surface area contributed by atoms with Crippen LogP contribution < -0.4 is 10.2 Å². The number of carbonyl (C=O) groups is 1. The van der Waals surface area contributed by atoms with Gasteiger partial charge in [0.05, 0.1) is 11.9 Å². The van der Waals surface area contributed by atoms with Gasteiger partial charge >= 0.3 is 0 Å². The van der Waals surface area contributed by atoms with Gasteiger partial charge in [0.1, 0.15) is 16.5 Å². The molecule has 0 radical (unpaired) electrons. The number of benzene rings is 1. The molecule has 27 heavy (non-hydrogen) atoms. The molecule has 1 amide bonds. The Kier molecular flexibility index (Phi) is 6.36. The van der Waals surface area contributed by atoms with Crippen LogP contribution in [-0.4, -0.2) is 49.7 Å². The molecule has 6 nitrogen and oxygen atoms in total. The molecule has 3 aromatic rings. The highest BCUT2D eigenvalue weighted by Crippen LogP contribution is 2.36. The van der Waals surface area contributed by atoms with Crippen molar-refractivity contribution in [2.24, 2.45) is 0 Å². The van der Waals surface area contributed by atoms with Crippen molar-refractivity contribution in [3.63, 3.8) is 0 Å². The molecular formula is C20H24N4O2S. The molecule has 0 aliphatic heterocycles. The van der Waals surface area contributed by atoms with E-state index >= 15 is 0 Å². The number of hydrogen-bond acceptors (Lipinski definition) is 6. The van der Waals surface area contributed by atoms with Crippen molar-refractivity contribution in [3.05, 3.63) is 42.2 Å². The van der Waals surface area contributed by atoms with E-state index in [0.29, 0.717) is 19.0 Å². The molecule has 0 atom stereocenters. The number of methoxy groups -OCH3 is 1. The Balaban J connectivity index is 1.81. The fraction of sp³-hybridized carbons (Fsp3) is 0.350. The molecule has 7 heteroatoms. The summed E-state index contributed by atoms with van der Waals surface area (Å²) in [5.74, 6) is 1.45. The maximum absolute atomic E-state index is 12.2. The molecule has 2 aromatic heterocycles. The van der Waals surface area contributed by atoms with Crippen LogP contribution in [0.15, 0.2) is 36.4 Å². The van der Waals surface area contributed by atoms with E-state index in [2.05, 4.69) is 33.5 Å². The lowest BCUT2D eigenvalue weighted by molar-refractivity contribution is -0.119. The number of nitrogens with zero attached hydrogens (tertiary/aromatic N) is 3. The number of thiophene rings is 1. The molecule has 1 aromatic carbocycles. The van der Waals surface area contributed by atoms with Gasteiger partial charge in [-0.25, -0.2) is 9.97 Å². The van der Waals surface area contributed by atoms with E-state index in [1.165, 1.54) is 0 Å². The van der Waals surface area contributed by atoms with Gasteiger partial charge in [-0.05, 0) is 25.0 Å². The Bertz CT molecular complexity index is 911. The highest BCUT2D eigenvalue weighted by molar-refractivity contribution is 7.21. The minimum absolute atomic E-state index is 0.0310. The molecule has 0 aliphatic carbocycles. The van der Waals surface area contributed by atoms with Crippen molar-refractivity contribution >= 4 is 33.3 Å². The van der Waals surface area contributed by atoms with Crippen LogP contribution in [0.3, 0.4) is 0 Å². The van der Waals surface area contributed by atoms with Crippen LogP contribution in [0.4, 0.5) is 5.82 Å². The number of anilines is 1. The predicted molar refractivity (Wildman–Crippen MR) is 110 cm³/mol. The van der Waals surface area contributed by atoms with Crippen LogP contribution >= 0.6 is 11.3 Å². The van der Waals surface area contributed by atoms with Crippen molar-refractivity contribution in [2.45, 2.75) is 13.3 Å². The zero-order valence-corrected chi connectivity index (χ0v) is 16.7. The first-order chi connectivity index (χ1) is 13.1. The standard InChI is InChI=1S/C20H24N4O2S/c1-14-22-19(24(2)13-18(25)21-10-7-11-26-3)16-12-17(27-20(16)23-14)15-8-5-4-6-9-15/h4-6,8-9,12H,7,10-11,13H2,1-3H3,(H,21,25). The van der Waals surface area contributed by atoms with E-state index in [1.54, 1.807) is 18.4 Å². The third kappa shape index (κ3) is 4.81. The summed E-state index contributed by atoms with van der Waals surface area (Å²) in [4.78, 5) is 25.3. The van der Waals surface area contributed by atoms with Crippen molar-refractivity contribution in [3.8, 4) is 10.4 Å². The Labute approximate surface area is 163 Å². The van der Waals surface area contributed by atoms with Gasteiger partial charge in [-0.3, -0.25) is 4.79 Å². The number of rotatable bonds is 8. The van der Waals surface area contributed by atoms with E-state index in [0.717, 1.165) is 32.9 Å². The first kappa shape index (κ1) is 19.3. The first-order valence-electron chi connectivity index (χ1n) is 8.89. The number of ether oxygens (including phenoxy) is 1. The van der Waals surface area contributed by atoms with Gasteiger partial charge in [0.2, 0.25) is 5.91 Å². The van der Waals surface area contributed by atoms with Crippen molar-refractivity contribution in [1.82, 2.24) is 15.3 Å². The van der Waals surface area contributed by atoms with Gasteiger partial charge in [-0.2, -0.15) is 0 Å². The lowest BCUT2D eigenvalue weighted by atomic mass is 10.2. The molecule has 3 rings (SSSR count). The lowest BCUT2D eigenvalue weighted by Crippen LogP contribution is -2.36. The summed E-state index contributed by atoms with van der Waals surface area (Å²) < 4.78 is 5.00. The number of aromatic nitrogens is 2. The summed E-state index contributed by atoms with van der Waals surface area (Å²) >= 11 is 1.64. The predicted octanol–water partition coefficient (Wildman–Crippen LogP) is 3.26. The van der Waals surface area contributed by atoms with Crippen molar-refractivity contribution in [1.29, 1.82) is 0 Å². The largest absolute Gasteiger partial charge is 0.385 e. The fourth-order valence-electron chi connectivity index (χ4n) is 2.84. The summed E-state index contributed by atoms with van der Waals surface area (Å²) in [5.41, 5.74) is 1.16. The molecule has 0 spiro atoms. The summed E-state index contributed by atoms with van der Waals surface area (Å²) in [5, 5.41) is 3.88. The molecule has 0 saturated carbocycles. The summed E-state index contributed by atoms with van der Waals surface area (Å²) in [6.07, 6.45) is 0.799. The zero-order valence-electron chi connectivity index (χ0n) is 15.9. The molecule has 1 N–H and O–H groups in total. The molecule has 142 valence electrons. The van der Waals surface area contributed by atoms with E-state index in [1.807, 2.05) is 37.1 Å². The lowest BCUT2D eigenvalue weighted by Gasteiger charge is -2.18. The highest BCUT2D eigenvalue weighted by atomic mass is 32.1. The monoisotopic (exact) mass is 384 g/mol. The number of fused-ring (bicyclic) bond motifs is 1. The third-order valence-corrected chi connectivity index (χ3v) is 5.21. The Morgan fingerprint density at radius 3 is 2.78 bits per heavy atom. The maximum Gasteiger partial charge on any atom is 0.239 e. The number of nitrogens with one attached hydrogen (secondary N) is 1. The minimum Gasteiger partial charge on any atom is -0.385 e. The van der Waals surface area contributed by atoms with Gasteiger partial charge < -0.3 is 15.0 Å². The van der Waals surface area contributed by atoms with Crippen LogP contribution in [-0.2, 0) is 9.53 Å². The third-order valence-electron chi connectivity index (χ3n) is 4.13. The quantitative estimate of drug-likeness (QED) is 0.604. The molecule has 0 aliphatic rings. The Morgan fingerprint density at radius 1 is 1.26 bits per heavy atom. The fourth-order valence-corrected chi connectivity index (χ4v) is 3.91. The Hall–Kier alpha value is -2.51. The van der Waals surface area contributed by atoms with Crippen LogP contribution in [0.25, 0.3) is 20.7 Å². The Morgan fingerprint density at radius 2 is 2.04 bits per heavy atom. The highest BCUT2D eigenvalue weighted by Gasteiger charge is 2.16. The molecule has 2 heterocycles. The second-order valence-electron chi connectivity index (χ2n) is 6.34. The average molecular weight is 385 g/mol. The van der Waals surface area contributed by atoms with Gasteiger partial charge in [0, 0.05) is 32.2 Å². The zero-order chi connectivity index (χ0) is 19.2. The number of aryl methyl sites for hydroxylation is 1. The second kappa shape index (κ2) is 8.92. The van der Waals surface area contributed by atoms with Crippen LogP contribution in [0.2, 0.25) is 0 Å². The van der Waals surface area contributed by atoms with Crippen molar-refractivity contribution < 1.29 is 9.53 Å². The number of hydrogen-bond donors (Lipinski definition) is 1. The number of carbonyl (C=O) groups excluding carboxylic acids is 1. The molecule has 0 bridgehead atoms. The van der Waals surface area contributed by atoms with E-state index in [-0.39, 0.29) is 12.5 Å². The molecule has 0 unspecified atom stereocenters. The number of amides is 1. The summed E-state index contributed by atoms with van der Waals surface area (Å²) in [7, 11) is 3.54. The average Bonchev–Trinajstić information content (AvgIpc) is 3.09. The number of likely N-dealkylation sites (N-methyl/N-ethyl adjacent to an activating group) is 1. The topological polar surface area (TPSA) is 67.3 Å². The summed E-state index contributed by atoms with van der Waals surface area (Å²) in [6.45, 7) is 3.37. The normalized spacial score (nSPS) is 10.9. The SMILES string of the molecule is COCCCNC(=O)CN(C)c1nc(C)nc2sc(-c3ccccc3)cc12. The van der Waals surface area contributed by atoms with E-state index < -0.39 is 0 Å². The van der Waals surface area contributed by atoms with Gasteiger partial charge in [-0.15, -0.1) is 11.3 Å². The van der Waals surface area contributed by atoms with Crippen LogP contribution in [0.1, 0.15) is 12.2 Å². The smallest absolute Gasteiger partial charge is 0.239 e. The first-order valence-corrected chi connectivity index (χ1v) is 9.70. The van der Waals surface area contributed by atoms with E-state index in [4.69, 9.17) is 4.74 Å². The van der Waals surface area contributed by atoms with Crippen LogP contribution in [0, 0.1) is 6.92 Å². The second-order valence-corrected chi connectivity index (χ2v) is 7.37.